The molecule has 2 amide bonds. The number of carbonyl (C=O) groups excluding carboxylic acids is 1. The van der Waals surface area contributed by atoms with E-state index in [9.17, 15) is 4.79 Å². The number of hydrogen-bond acceptors (Lipinski definition) is 2. The Labute approximate surface area is 107 Å². The molecule has 0 aliphatic rings. The number of aromatic nitrogens is 1. The second-order valence-electron chi connectivity index (χ2n) is 4.33. The number of nitrogens with one attached hydrogen (secondary N) is 2. The average Bonchev–Trinajstić information content (AvgIpc) is 2.26. The molecule has 0 spiro atoms. The minimum Gasteiger partial charge on any atom is -0.335 e. The van der Waals surface area contributed by atoms with E-state index in [1.165, 1.54) is 0 Å². The molecule has 1 rings (SSSR count). The number of pyridine rings is 1. The summed E-state index contributed by atoms with van der Waals surface area (Å²) in [5.74, 6) is 0.407. The van der Waals surface area contributed by atoms with Crippen LogP contribution in [0, 0.1) is 5.92 Å². The molecule has 17 heavy (non-hydrogen) atoms. The van der Waals surface area contributed by atoms with Gasteiger partial charge in [-0.2, -0.15) is 0 Å². The summed E-state index contributed by atoms with van der Waals surface area (Å²) < 4.78 is 0. The van der Waals surface area contributed by atoms with Crippen molar-refractivity contribution >= 4 is 17.6 Å². The summed E-state index contributed by atoms with van der Waals surface area (Å²) in [5, 5.41) is 6.21. The lowest BCUT2D eigenvalue weighted by molar-refractivity contribution is 0.234. The molecule has 0 aliphatic heterocycles. The summed E-state index contributed by atoms with van der Waals surface area (Å²) in [6.45, 7) is 6.46. The van der Waals surface area contributed by atoms with Crippen LogP contribution in [0.1, 0.15) is 26.5 Å². The fourth-order valence-corrected chi connectivity index (χ4v) is 1.32. The highest BCUT2D eigenvalue weighted by atomic mass is 35.5. The number of amides is 2. The minimum absolute atomic E-state index is 0.141. The van der Waals surface area contributed by atoms with Gasteiger partial charge in [0.2, 0.25) is 0 Å². The predicted molar refractivity (Wildman–Crippen MR) is 68.9 cm³/mol. The van der Waals surface area contributed by atoms with Crippen LogP contribution in [-0.2, 0) is 6.54 Å². The van der Waals surface area contributed by atoms with Gasteiger partial charge in [0.05, 0.1) is 12.2 Å². The molecule has 1 heterocycles. The Morgan fingerprint density at radius 1 is 1.47 bits per heavy atom. The fourth-order valence-electron chi connectivity index (χ4n) is 1.14. The lowest BCUT2D eigenvalue weighted by Crippen LogP contribution is -2.42. The van der Waals surface area contributed by atoms with Crippen molar-refractivity contribution in [1.82, 2.24) is 15.6 Å². The van der Waals surface area contributed by atoms with Gasteiger partial charge in [-0.1, -0.05) is 25.4 Å². The molecule has 0 unspecified atom stereocenters. The van der Waals surface area contributed by atoms with E-state index in [1.54, 1.807) is 18.3 Å². The number of rotatable bonds is 4. The van der Waals surface area contributed by atoms with Gasteiger partial charge in [0.15, 0.2) is 0 Å². The first-order chi connectivity index (χ1) is 7.99. The minimum atomic E-state index is -0.187. The topological polar surface area (TPSA) is 54.0 Å². The summed E-state index contributed by atoms with van der Waals surface area (Å²) in [6.07, 6.45) is 1.62. The number of nitrogens with zero attached hydrogens (tertiary/aromatic N) is 1. The van der Waals surface area contributed by atoms with Crippen LogP contribution >= 0.6 is 11.6 Å². The average molecular weight is 256 g/mol. The molecule has 0 fully saturated rings. The van der Waals surface area contributed by atoms with Gasteiger partial charge < -0.3 is 10.6 Å². The van der Waals surface area contributed by atoms with Crippen LogP contribution in [0.2, 0.25) is 5.02 Å². The second kappa shape index (κ2) is 6.45. The first-order valence-electron chi connectivity index (χ1n) is 5.64. The lowest BCUT2D eigenvalue weighted by atomic mass is 10.1. The monoisotopic (exact) mass is 255 g/mol. The number of hydrogen-bond donors (Lipinski definition) is 2. The summed E-state index contributed by atoms with van der Waals surface area (Å²) in [5.41, 5.74) is 0.741. The highest BCUT2D eigenvalue weighted by Crippen LogP contribution is 2.07. The standard InChI is InChI=1S/C12H18ClN3O/c1-8(2)9(3)16-12(17)15-7-11-6-10(13)4-5-14-11/h4-6,8-9H,7H2,1-3H3,(H2,15,16,17)/t9-/m0/s1. The summed E-state index contributed by atoms with van der Waals surface area (Å²) >= 11 is 5.82. The van der Waals surface area contributed by atoms with E-state index in [4.69, 9.17) is 11.6 Å². The molecule has 0 saturated carbocycles. The van der Waals surface area contributed by atoms with Gasteiger partial charge in [-0.25, -0.2) is 4.79 Å². The van der Waals surface area contributed by atoms with Crippen molar-refractivity contribution in [2.24, 2.45) is 5.92 Å². The van der Waals surface area contributed by atoms with Crippen LogP contribution in [0.5, 0.6) is 0 Å². The smallest absolute Gasteiger partial charge is 0.315 e. The third kappa shape index (κ3) is 5.04. The molecule has 1 aromatic rings. The summed E-state index contributed by atoms with van der Waals surface area (Å²) in [7, 11) is 0. The molecular weight excluding hydrogens is 238 g/mol. The van der Waals surface area contributed by atoms with Crippen LogP contribution in [0.25, 0.3) is 0 Å². The van der Waals surface area contributed by atoms with E-state index in [0.29, 0.717) is 17.5 Å². The molecule has 0 radical (unpaired) electrons. The molecule has 94 valence electrons. The van der Waals surface area contributed by atoms with E-state index in [0.717, 1.165) is 5.69 Å². The van der Waals surface area contributed by atoms with Crippen LogP contribution < -0.4 is 10.6 Å². The van der Waals surface area contributed by atoms with E-state index in [1.807, 2.05) is 6.92 Å². The second-order valence-corrected chi connectivity index (χ2v) is 4.76. The number of carbonyl (C=O) groups is 1. The molecule has 0 saturated heterocycles. The van der Waals surface area contributed by atoms with E-state index in [-0.39, 0.29) is 12.1 Å². The Morgan fingerprint density at radius 2 is 2.18 bits per heavy atom. The van der Waals surface area contributed by atoms with Gasteiger partial charge in [-0.05, 0) is 25.0 Å². The third-order valence-electron chi connectivity index (χ3n) is 2.57. The summed E-state index contributed by atoms with van der Waals surface area (Å²) in [6, 6.07) is 3.38. The van der Waals surface area contributed by atoms with Crippen molar-refractivity contribution in [2.45, 2.75) is 33.4 Å². The van der Waals surface area contributed by atoms with E-state index < -0.39 is 0 Å². The first kappa shape index (κ1) is 13.8. The Bertz CT molecular complexity index is 382. The van der Waals surface area contributed by atoms with Crippen molar-refractivity contribution in [3.8, 4) is 0 Å². The fraction of sp³-hybridized carbons (Fsp3) is 0.500. The van der Waals surface area contributed by atoms with Gasteiger partial charge in [0.25, 0.3) is 0 Å². The Morgan fingerprint density at radius 3 is 2.76 bits per heavy atom. The zero-order valence-electron chi connectivity index (χ0n) is 10.3. The Balaban J connectivity index is 2.38. The van der Waals surface area contributed by atoms with Crippen LogP contribution in [0.3, 0.4) is 0 Å². The van der Waals surface area contributed by atoms with Crippen molar-refractivity contribution in [2.75, 3.05) is 0 Å². The lowest BCUT2D eigenvalue weighted by Gasteiger charge is -2.17. The normalized spacial score (nSPS) is 12.3. The highest BCUT2D eigenvalue weighted by molar-refractivity contribution is 6.30. The van der Waals surface area contributed by atoms with Crippen LogP contribution in [-0.4, -0.2) is 17.1 Å². The molecular formula is C12H18ClN3O. The van der Waals surface area contributed by atoms with Crippen molar-refractivity contribution in [1.29, 1.82) is 0 Å². The van der Waals surface area contributed by atoms with E-state index >= 15 is 0 Å². The maximum absolute atomic E-state index is 11.5. The highest BCUT2D eigenvalue weighted by Gasteiger charge is 2.10. The van der Waals surface area contributed by atoms with Crippen molar-refractivity contribution in [3.05, 3.63) is 29.0 Å². The molecule has 0 aromatic carbocycles. The van der Waals surface area contributed by atoms with Crippen molar-refractivity contribution in [3.63, 3.8) is 0 Å². The molecule has 1 aromatic heterocycles. The number of urea groups is 1. The zero-order chi connectivity index (χ0) is 12.8. The zero-order valence-corrected chi connectivity index (χ0v) is 11.1. The molecule has 0 bridgehead atoms. The van der Waals surface area contributed by atoms with Crippen LogP contribution in [0.15, 0.2) is 18.3 Å². The molecule has 4 nitrogen and oxygen atoms in total. The quantitative estimate of drug-likeness (QED) is 0.869. The molecule has 1 atom stereocenters. The van der Waals surface area contributed by atoms with Gasteiger partial charge in [-0.15, -0.1) is 0 Å². The summed E-state index contributed by atoms with van der Waals surface area (Å²) in [4.78, 5) is 15.6. The third-order valence-corrected chi connectivity index (χ3v) is 2.80. The van der Waals surface area contributed by atoms with Crippen molar-refractivity contribution < 1.29 is 4.79 Å². The molecule has 5 heteroatoms. The first-order valence-corrected chi connectivity index (χ1v) is 6.01. The number of halogens is 1. The van der Waals surface area contributed by atoms with Gasteiger partial charge in [0, 0.05) is 17.3 Å². The SMILES string of the molecule is CC(C)[C@H](C)NC(=O)NCc1cc(Cl)ccn1. The molecule has 2 N–H and O–H groups in total. The predicted octanol–water partition coefficient (Wildman–Crippen LogP) is 2.58. The van der Waals surface area contributed by atoms with Gasteiger partial charge >= 0.3 is 6.03 Å². The Kier molecular flexibility index (Phi) is 5.22. The maximum Gasteiger partial charge on any atom is 0.315 e. The molecule has 0 aliphatic carbocycles. The van der Waals surface area contributed by atoms with Gasteiger partial charge in [-0.3, -0.25) is 4.98 Å². The Hall–Kier alpha value is -1.29. The van der Waals surface area contributed by atoms with Crippen LogP contribution in [0.4, 0.5) is 4.79 Å². The maximum atomic E-state index is 11.5. The van der Waals surface area contributed by atoms with Gasteiger partial charge in [0.1, 0.15) is 0 Å². The largest absolute Gasteiger partial charge is 0.335 e. The van der Waals surface area contributed by atoms with E-state index in [2.05, 4.69) is 29.5 Å².